The fourth-order valence-electron chi connectivity index (χ4n) is 1.52. The Bertz CT molecular complexity index is 567. The minimum atomic E-state index is -0.566. The number of hydrogen-bond acceptors (Lipinski definition) is 3. The molecule has 5 heteroatoms. The number of rotatable bonds is 6. The van der Waals surface area contributed by atoms with Crippen molar-refractivity contribution in [2.45, 2.75) is 33.7 Å². The molecule has 1 N–H and O–H groups in total. The molecule has 1 rings (SSSR count). The molecule has 0 spiro atoms. The summed E-state index contributed by atoms with van der Waals surface area (Å²) >= 11 is 6.00. The molecule has 0 aliphatic rings. The summed E-state index contributed by atoms with van der Waals surface area (Å²) < 4.78 is 4.89. The normalized spacial score (nSPS) is 12.5. The van der Waals surface area contributed by atoms with E-state index >= 15 is 0 Å². The second-order valence-electron chi connectivity index (χ2n) is 5.55. The standard InChI is InChI=1S/C17H22ClNO3/c1-11(2)13(4)19-16(20)10-22-17(21)8-7-14-6-5-12(3)15(18)9-14/h5-9,11,13H,10H2,1-4H3,(H,19,20)/b8-7+/t13-/m1/s1. The van der Waals surface area contributed by atoms with Gasteiger partial charge in [0.25, 0.3) is 5.91 Å². The third kappa shape index (κ3) is 6.31. The molecule has 0 bridgehead atoms. The maximum Gasteiger partial charge on any atom is 0.331 e. The predicted octanol–water partition coefficient (Wildman–Crippen LogP) is 3.37. The average molecular weight is 324 g/mol. The number of benzene rings is 1. The van der Waals surface area contributed by atoms with E-state index in [2.05, 4.69) is 5.32 Å². The third-order valence-corrected chi connectivity index (χ3v) is 3.75. The predicted molar refractivity (Wildman–Crippen MR) is 88.6 cm³/mol. The third-order valence-electron chi connectivity index (χ3n) is 3.34. The molecule has 1 aromatic rings. The number of nitrogens with one attached hydrogen (secondary N) is 1. The summed E-state index contributed by atoms with van der Waals surface area (Å²) in [7, 11) is 0. The van der Waals surface area contributed by atoms with Gasteiger partial charge in [-0.3, -0.25) is 4.79 Å². The van der Waals surface area contributed by atoms with E-state index in [4.69, 9.17) is 16.3 Å². The number of halogens is 1. The van der Waals surface area contributed by atoms with E-state index in [1.54, 1.807) is 12.1 Å². The van der Waals surface area contributed by atoms with Crippen LogP contribution in [-0.4, -0.2) is 24.5 Å². The molecule has 0 aromatic heterocycles. The Morgan fingerprint density at radius 2 is 2.00 bits per heavy atom. The minimum absolute atomic E-state index is 0.0384. The van der Waals surface area contributed by atoms with Gasteiger partial charge in [0.1, 0.15) is 0 Å². The molecular formula is C17H22ClNO3. The number of esters is 1. The van der Waals surface area contributed by atoms with Gasteiger partial charge in [-0.25, -0.2) is 4.79 Å². The molecule has 4 nitrogen and oxygen atoms in total. The number of aryl methyl sites for hydroxylation is 1. The van der Waals surface area contributed by atoms with Gasteiger partial charge in [-0.15, -0.1) is 0 Å². The average Bonchev–Trinajstić information content (AvgIpc) is 2.46. The Labute approximate surface area is 136 Å². The van der Waals surface area contributed by atoms with Crippen molar-refractivity contribution in [3.63, 3.8) is 0 Å². The van der Waals surface area contributed by atoms with Crippen LogP contribution in [0.5, 0.6) is 0 Å². The monoisotopic (exact) mass is 323 g/mol. The zero-order valence-electron chi connectivity index (χ0n) is 13.4. The number of carbonyl (C=O) groups excluding carboxylic acids is 2. The van der Waals surface area contributed by atoms with Crippen molar-refractivity contribution in [3.05, 3.63) is 40.4 Å². The lowest BCUT2D eigenvalue weighted by atomic mass is 10.1. The second-order valence-corrected chi connectivity index (χ2v) is 5.96. The van der Waals surface area contributed by atoms with E-state index in [1.807, 2.05) is 39.8 Å². The summed E-state index contributed by atoms with van der Waals surface area (Å²) in [5.74, 6) is -0.545. The Hall–Kier alpha value is -1.81. The van der Waals surface area contributed by atoms with Crippen molar-refractivity contribution in [2.24, 2.45) is 5.92 Å². The number of amides is 1. The van der Waals surface area contributed by atoms with E-state index < -0.39 is 5.97 Å². The SMILES string of the molecule is Cc1ccc(/C=C/C(=O)OCC(=O)N[C@H](C)C(C)C)cc1Cl. The highest BCUT2D eigenvalue weighted by Gasteiger charge is 2.11. The summed E-state index contributed by atoms with van der Waals surface area (Å²) in [5, 5.41) is 3.40. The maximum absolute atomic E-state index is 11.6. The van der Waals surface area contributed by atoms with E-state index in [0.717, 1.165) is 11.1 Å². The molecule has 0 saturated heterocycles. The van der Waals surface area contributed by atoms with Crippen LogP contribution in [0.15, 0.2) is 24.3 Å². The van der Waals surface area contributed by atoms with Crippen LogP contribution in [0.3, 0.4) is 0 Å². The van der Waals surface area contributed by atoms with Crippen LogP contribution in [0.25, 0.3) is 6.08 Å². The molecule has 1 aromatic carbocycles. The highest BCUT2D eigenvalue weighted by Crippen LogP contribution is 2.17. The molecule has 1 amide bonds. The summed E-state index contributed by atoms with van der Waals surface area (Å²) in [4.78, 5) is 23.2. The van der Waals surface area contributed by atoms with Crippen molar-refractivity contribution >= 4 is 29.6 Å². The number of carbonyl (C=O) groups is 2. The van der Waals surface area contributed by atoms with Gasteiger partial charge < -0.3 is 10.1 Å². The highest BCUT2D eigenvalue weighted by atomic mass is 35.5. The molecular weight excluding hydrogens is 302 g/mol. The van der Waals surface area contributed by atoms with Gasteiger partial charge >= 0.3 is 5.97 Å². The zero-order chi connectivity index (χ0) is 16.7. The summed E-state index contributed by atoms with van der Waals surface area (Å²) in [6.45, 7) is 7.54. The number of ether oxygens (including phenoxy) is 1. The fourth-order valence-corrected chi connectivity index (χ4v) is 1.71. The molecule has 0 aliphatic heterocycles. The molecule has 0 radical (unpaired) electrons. The smallest absolute Gasteiger partial charge is 0.331 e. The molecule has 120 valence electrons. The molecule has 0 aliphatic carbocycles. The molecule has 0 heterocycles. The van der Waals surface area contributed by atoms with Crippen molar-refractivity contribution < 1.29 is 14.3 Å². The van der Waals surface area contributed by atoms with Gasteiger partial charge in [-0.1, -0.05) is 37.6 Å². The van der Waals surface area contributed by atoms with Crippen LogP contribution in [0.2, 0.25) is 5.02 Å². The summed E-state index contributed by atoms with van der Waals surface area (Å²) in [6.07, 6.45) is 2.88. The Kier molecular flexibility index (Phi) is 7.12. The van der Waals surface area contributed by atoms with E-state index in [-0.39, 0.29) is 18.6 Å². The first-order valence-corrected chi connectivity index (χ1v) is 7.57. The fraction of sp³-hybridized carbons (Fsp3) is 0.412. The topological polar surface area (TPSA) is 55.4 Å². The Morgan fingerprint density at radius 1 is 1.32 bits per heavy atom. The first kappa shape index (κ1) is 18.2. The molecule has 22 heavy (non-hydrogen) atoms. The van der Waals surface area contributed by atoms with Crippen LogP contribution in [0.4, 0.5) is 0 Å². The zero-order valence-corrected chi connectivity index (χ0v) is 14.1. The first-order valence-electron chi connectivity index (χ1n) is 7.20. The van der Waals surface area contributed by atoms with E-state index in [9.17, 15) is 9.59 Å². The Morgan fingerprint density at radius 3 is 2.59 bits per heavy atom. The minimum Gasteiger partial charge on any atom is -0.452 e. The van der Waals surface area contributed by atoms with Gasteiger partial charge in [-0.2, -0.15) is 0 Å². The van der Waals surface area contributed by atoms with Crippen LogP contribution in [0, 0.1) is 12.8 Å². The second kappa shape index (κ2) is 8.59. The lowest BCUT2D eigenvalue weighted by Crippen LogP contribution is -2.38. The number of hydrogen-bond donors (Lipinski definition) is 1. The first-order chi connectivity index (χ1) is 10.3. The van der Waals surface area contributed by atoms with Gasteiger partial charge in [0.05, 0.1) is 0 Å². The van der Waals surface area contributed by atoms with E-state index in [0.29, 0.717) is 10.9 Å². The van der Waals surface area contributed by atoms with Gasteiger partial charge in [-0.05, 0) is 43.0 Å². The highest BCUT2D eigenvalue weighted by molar-refractivity contribution is 6.31. The van der Waals surface area contributed by atoms with Crippen molar-refractivity contribution in [3.8, 4) is 0 Å². The van der Waals surface area contributed by atoms with Crippen molar-refractivity contribution in [1.29, 1.82) is 0 Å². The van der Waals surface area contributed by atoms with Gasteiger partial charge in [0.15, 0.2) is 6.61 Å². The van der Waals surface area contributed by atoms with Gasteiger partial charge in [0.2, 0.25) is 0 Å². The van der Waals surface area contributed by atoms with Crippen LogP contribution in [-0.2, 0) is 14.3 Å². The van der Waals surface area contributed by atoms with E-state index in [1.165, 1.54) is 6.08 Å². The summed E-state index contributed by atoms with van der Waals surface area (Å²) in [5.41, 5.74) is 1.77. The molecule has 0 fully saturated rings. The van der Waals surface area contributed by atoms with Gasteiger partial charge in [0, 0.05) is 17.1 Å². The molecule has 0 saturated carbocycles. The van der Waals surface area contributed by atoms with Crippen LogP contribution < -0.4 is 5.32 Å². The Balaban J connectivity index is 2.44. The molecule has 0 unspecified atom stereocenters. The lowest BCUT2D eigenvalue weighted by molar-refractivity contribution is -0.144. The van der Waals surface area contributed by atoms with Crippen LogP contribution >= 0.6 is 11.6 Å². The maximum atomic E-state index is 11.6. The van der Waals surface area contributed by atoms with Crippen molar-refractivity contribution in [2.75, 3.05) is 6.61 Å². The van der Waals surface area contributed by atoms with Crippen LogP contribution in [0.1, 0.15) is 31.9 Å². The summed E-state index contributed by atoms with van der Waals surface area (Å²) in [6, 6.07) is 5.52. The lowest BCUT2D eigenvalue weighted by Gasteiger charge is -2.16. The quantitative estimate of drug-likeness (QED) is 0.645. The molecule has 1 atom stereocenters. The van der Waals surface area contributed by atoms with Crippen molar-refractivity contribution in [1.82, 2.24) is 5.32 Å². The largest absolute Gasteiger partial charge is 0.452 e.